The highest BCUT2D eigenvalue weighted by atomic mass is 35.5. The van der Waals surface area contributed by atoms with E-state index >= 15 is 0 Å². The molecule has 0 radical (unpaired) electrons. The lowest BCUT2D eigenvalue weighted by atomic mass is 10.1. The highest BCUT2D eigenvalue weighted by molar-refractivity contribution is 6.34. The quantitative estimate of drug-likeness (QED) is 0.805. The lowest BCUT2D eigenvalue weighted by molar-refractivity contribution is 0.0600. The third-order valence-electron chi connectivity index (χ3n) is 3.16. The number of rotatable bonds is 4. The topological polar surface area (TPSA) is 80.3 Å². The van der Waals surface area contributed by atoms with Crippen molar-refractivity contribution in [2.45, 2.75) is 26.3 Å². The molecule has 1 heterocycles. The number of methoxy groups -OCH3 is 1. The molecular formula is C18H20ClN3O3. The van der Waals surface area contributed by atoms with E-state index in [9.17, 15) is 9.59 Å². The monoisotopic (exact) mass is 361 g/mol. The Labute approximate surface area is 151 Å². The summed E-state index contributed by atoms with van der Waals surface area (Å²) in [7, 11) is 1.29. The van der Waals surface area contributed by atoms with Crippen LogP contribution >= 0.6 is 11.6 Å². The van der Waals surface area contributed by atoms with Crippen LogP contribution in [0, 0.1) is 0 Å². The van der Waals surface area contributed by atoms with Crippen LogP contribution in [-0.2, 0) is 4.74 Å². The molecule has 2 N–H and O–H groups in total. The fourth-order valence-electron chi connectivity index (χ4n) is 2.08. The smallest absolute Gasteiger partial charge is 0.337 e. The number of aromatic nitrogens is 1. The average molecular weight is 362 g/mol. The van der Waals surface area contributed by atoms with Gasteiger partial charge in [-0.1, -0.05) is 11.6 Å². The number of carbonyl (C=O) groups is 2. The maximum Gasteiger partial charge on any atom is 0.337 e. The Bertz CT molecular complexity index is 800. The number of anilines is 2. The third kappa shape index (κ3) is 5.19. The third-order valence-corrected chi connectivity index (χ3v) is 3.49. The first-order chi connectivity index (χ1) is 11.7. The molecule has 6 nitrogen and oxygen atoms in total. The van der Waals surface area contributed by atoms with Gasteiger partial charge >= 0.3 is 5.97 Å². The molecule has 1 aromatic heterocycles. The number of halogens is 1. The maximum atomic E-state index is 12.5. The highest BCUT2D eigenvalue weighted by Gasteiger charge is 2.15. The second-order valence-corrected chi connectivity index (χ2v) is 6.85. The minimum Gasteiger partial charge on any atom is -0.465 e. The lowest BCUT2D eigenvalue weighted by Gasteiger charge is -2.21. The minimum atomic E-state index is -0.507. The second kappa shape index (κ2) is 7.53. The van der Waals surface area contributed by atoms with Crippen molar-refractivity contribution < 1.29 is 14.3 Å². The van der Waals surface area contributed by atoms with Gasteiger partial charge in [-0.3, -0.25) is 4.79 Å². The Morgan fingerprint density at radius 1 is 1.12 bits per heavy atom. The standard InChI is InChI=1S/C18H20ClN3O3/c1-18(2,3)22-15-10-11(7-8-20-15)16(23)21-14-9-12(17(24)25-4)5-6-13(14)19/h5-10H,1-4H3,(H,20,22)(H,21,23). The molecule has 0 aliphatic carbocycles. The van der Waals surface area contributed by atoms with Crippen molar-refractivity contribution in [3.8, 4) is 0 Å². The Morgan fingerprint density at radius 3 is 2.48 bits per heavy atom. The molecule has 0 aliphatic heterocycles. The molecule has 0 saturated carbocycles. The van der Waals surface area contributed by atoms with Crippen LogP contribution in [0.5, 0.6) is 0 Å². The molecule has 1 aromatic carbocycles. The molecule has 2 rings (SSSR count). The van der Waals surface area contributed by atoms with E-state index in [-0.39, 0.29) is 11.4 Å². The van der Waals surface area contributed by atoms with Gasteiger partial charge < -0.3 is 15.4 Å². The summed E-state index contributed by atoms with van der Waals surface area (Å²) in [6.45, 7) is 6.00. The summed E-state index contributed by atoms with van der Waals surface area (Å²) in [5, 5.41) is 6.23. The van der Waals surface area contributed by atoms with Gasteiger partial charge in [0, 0.05) is 17.3 Å². The molecular weight excluding hydrogens is 342 g/mol. The molecule has 2 aromatic rings. The number of hydrogen-bond acceptors (Lipinski definition) is 5. The molecule has 0 aliphatic rings. The van der Waals surface area contributed by atoms with Gasteiger partial charge in [-0.2, -0.15) is 0 Å². The summed E-state index contributed by atoms with van der Waals surface area (Å²) in [6.07, 6.45) is 1.55. The summed E-state index contributed by atoms with van der Waals surface area (Å²) in [6, 6.07) is 7.78. The van der Waals surface area contributed by atoms with Crippen molar-refractivity contribution in [3.05, 3.63) is 52.7 Å². The van der Waals surface area contributed by atoms with Crippen LogP contribution in [0.1, 0.15) is 41.5 Å². The minimum absolute atomic E-state index is 0.180. The van der Waals surface area contributed by atoms with Crippen molar-refractivity contribution in [3.63, 3.8) is 0 Å². The predicted molar refractivity (Wildman–Crippen MR) is 98.4 cm³/mol. The van der Waals surface area contributed by atoms with Gasteiger partial charge in [0.1, 0.15) is 5.82 Å². The Morgan fingerprint density at radius 2 is 1.84 bits per heavy atom. The maximum absolute atomic E-state index is 12.5. The van der Waals surface area contributed by atoms with E-state index in [4.69, 9.17) is 11.6 Å². The number of pyridine rings is 1. The number of amides is 1. The first-order valence-electron chi connectivity index (χ1n) is 7.63. The normalized spacial score (nSPS) is 10.9. The summed E-state index contributed by atoms with van der Waals surface area (Å²) in [4.78, 5) is 28.3. The van der Waals surface area contributed by atoms with E-state index in [1.807, 2.05) is 20.8 Å². The van der Waals surface area contributed by atoms with E-state index in [1.54, 1.807) is 18.3 Å². The van der Waals surface area contributed by atoms with Gasteiger partial charge in [0.05, 0.1) is 23.4 Å². The van der Waals surface area contributed by atoms with Crippen molar-refractivity contribution >= 4 is 35.0 Å². The fourth-order valence-corrected chi connectivity index (χ4v) is 2.25. The van der Waals surface area contributed by atoms with Crippen LogP contribution in [0.15, 0.2) is 36.5 Å². The molecule has 0 unspecified atom stereocenters. The summed E-state index contributed by atoms with van der Waals surface area (Å²) in [5.41, 5.74) is 0.866. The summed E-state index contributed by atoms with van der Waals surface area (Å²) >= 11 is 6.10. The van der Waals surface area contributed by atoms with Crippen molar-refractivity contribution in [1.82, 2.24) is 4.98 Å². The van der Waals surface area contributed by atoms with Crippen LogP contribution < -0.4 is 10.6 Å². The van der Waals surface area contributed by atoms with Gasteiger partial charge in [0.2, 0.25) is 0 Å². The first kappa shape index (κ1) is 18.7. The highest BCUT2D eigenvalue weighted by Crippen LogP contribution is 2.24. The Hall–Kier alpha value is -2.60. The molecule has 132 valence electrons. The number of nitrogens with one attached hydrogen (secondary N) is 2. The number of ether oxygens (including phenoxy) is 1. The summed E-state index contributed by atoms with van der Waals surface area (Å²) in [5.74, 6) is -0.273. The van der Waals surface area contributed by atoms with Gasteiger partial charge in [0.15, 0.2) is 0 Å². The molecule has 0 atom stereocenters. The number of carbonyl (C=O) groups excluding carboxylic acids is 2. The SMILES string of the molecule is COC(=O)c1ccc(Cl)c(NC(=O)c2ccnc(NC(C)(C)C)c2)c1. The summed E-state index contributed by atoms with van der Waals surface area (Å²) < 4.78 is 4.67. The van der Waals surface area contributed by atoms with E-state index in [2.05, 4.69) is 20.4 Å². The molecule has 0 fully saturated rings. The molecule has 0 saturated heterocycles. The van der Waals surface area contributed by atoms with Crippen LogP contribution in [0.2, 0.25) is 5.02 Å². The van der Waals surface area contributed by atoms with Crippen molar-refractivity contribution in [2.75, 3.05) is 17.7 Å². The fraction of sp³-hybridized carbons (Fsp3) is 0.278. The predicted octanol–water partition coefficient (Wildman–Crippen LogP) is 3.98. The number of esters is 1. The second-order valence-electron chi connectivity index (χ2n) is 6.45. The first-order valence-corrected chi connectivity index (χ1v) is 8.01. The molecule has 25 heavy (non-hydrogen) atoms. The van der Waals surface area contributed by atoms with E-state index in [0.717, 1.165) is 0 Å². The van der Waals surface area contributed by atoms with Crippen LogP contribution in [-0.4, -0.2) is 29.5 Å². The lowest BCUT2D eigenvalue weighted by Crippen LogP contribution is -2.27. The van der Waals surface area contributed by atoms with Crippen molar-refractivity contribution in [1.29, 1.82) is 0 Å². The zero-order valence-electron chi connectivity index (χ0n) is 14.5. The van der Waals surface area contributed by atoms with Gasteiger partial charge in [0.25, 0.3) is 5.91 Å². The number of benzene rings is 1. The number of hydrogen-bond donors (Lipinski definition) is 2. The zero-order valence-corrected chi connectivity index (χ0v) is 15.3. The average Bonchev–Trinajstić information content (AvgIpc) is 2.54. The molecule has 7 heteroatoms. The van der Waals surface area contributed by atoms with Gasteiger partial charge in [-0.25, -0.2) is 9.78 Å². The van der Waals surface area contributed by atoms with Gasteiger partial charge in [-0.15, -0.1) is 0 Å². The van der Waals surface area contributed by atoms with E-state index in [1.165, 1.54) is 25.3 Å². The van der Waals surface area contributed by atoms with E-state index < -0.39 is 5.97 Å². The van der Waals surface area contributed by atoms with E-state index in [0.29, 0.717) is 27.7 Å². The number of nitrogens with zero attached hydrogens (tertiary/aromatic N) is 1. The van der Waals surface area contributed by atoms with Crippen LogP contribution in [0.25, 0.3) is 0 Å². The Kier molecular flexibility index (Phi) is 5.64. The van der Waals surface area contributed by atoms with Crippen molar-refractivity contribution in [2.24, 2.45) is 0 Å². The zero-order chi connectivity index (χ0) is 18.6. The largest absolute Gasteiger partial charge is 0.465 e. The molecule has 0 bridgehead atoms. The Balaban J connectivity index is 2.22. The molecule has 0 spiro atoms. The molecule has 1 amide bonds. The van der Waals surface area contributed by atoms with Gasteiger partial charge in [-0.05, 0) is 51.1 Å². The van der Waals surface area contributed by atoms with Crippen LogP contribution in [0.4, 0.5) is 11.5 Å². The van der Waals surface area contributed by atoms with Crippen LogP contribution in [0.3, 0.4) is 0 Å².